The molecule has 1 heterocycles. The van der Waals surface area contributed by atoms with Crippen LogP contribution in [-0.4, -0.2) is 12.1 Å². The van der Waals surface area contributed by atoms with E-state index in [9.17, 15) is 18.0 Å². The van der Waals surface area contributed by atoms with E-state index in [1.165, 1.54) is 6.07 Å². The number of rotatable bonds is 4. The highest BCUT2D eigenvalue weighted by molar-refractivity contribution is 5.69. The van der Waals surface area contributed by atoms with Gasteiger partial charge in [-0.3, -0.25) is 0 Å². The number of carbonyl (C=O) groups is 1. The number of alkyl halides is 3. The maximum atomic E-state index is 13.1. The maximum Gasteiger partial charge on any atom is 0.416 e. The van der Waals surface area contributed by atoms with Crippen LogP contribution in [0.15, 0.2) is 48.5 Å². The topological polar surface area (TPSA) is 50.4 Å². The number of anilines is 1. The van der Waals surface area contributed by atoms with Gasteiger partial charge in [-0.25, -0.2) is 4.79 Å². The number of hydrogen-bond acceptors (Lipinski definition) is 3. The third kappa shape index (κ3) is 4.72. The van der Waals surface area contributed by atoms with Crippen LogP contribution in [0.3, 0.4) is 0 Å². The first kappa shape index (κ1) is 19.1. The van der Waals surface area contributed by atoms with Crippen LogP contribution in [0.2, 0.25) is 0 Å². The number of nitrogens with one attached hydrogen (secondary N) is 2. The number of halogens is 3. The van der Waals surface area contributed by atoms with Gasteiger partial charge in [-0.05, 0) is 42.2 Å². The van der Waals surface area contributed by atoms with Crippen LogP contribution in [0.4, 0.5) is 23.7 Å². The zero-order valence-corrected chi connectivity index (χ0v) is 14.8. The first-order chi connectivity index (χ1) is 12.9. The number of amides is 1. The summed E-state index contributed by atoms with van der Waals surface area (Å²) in [4.78, 5) is 12.2. The Morgan fingerprint density at radius 2 is 1.96 bits per heavy atom. The van der Waals surface area contributed by atoms with Crippen molar-refractivity contribution in [2.24, 2.45) is 0 Å². The van der Waals surface area contributed by atoms with Crippen LogP contribution in [0.1, 0.15) is 42.5 Å². The third-order valence-electron chi connectivity index (χ3n) is 4.63. The molecule has 2 aromatic rings. The SMILES string of the molecule is CC[C@@H]1C[C@H](NC(=O)OCc2ccccc2)c2cc(C(F)(F)F)ccc2N1. The molecular formula is C20H21F3N2O2. The lowest BCUT2D eigenvalue weighted by Gasteiger charge is -2.33. The Morgan fingerprint density at radius 3 is 2.63 bits per heavy atom. The van der Waals surface area contributed by atoms with Crippen LogP contribution in [-0.2, 0) is 17.5 Å². The number of carbonyl (C=O) groups excluding carboxylic acids is 1. The summed E-state index contributed by atoms with van der Waals surface area (Å²) in [5.74, 6) is 0. The largest absolute Gasteiger partial charge is 0.445 e. The molecule has 0 aromatic heterocycles. The van der Waals surface area contributed by atoms with Crippen LogP contribution >= 0.6 is 0 Å². The predicted octanol–water partition coefficient (Wildman–Crippen LogP) is 5.27. The standard InChI is InChI=1S/C20H21F3N2O2/c1-2-15-11-18(25-19(26)27-12-13-6-4-3-5-7-13)16-10-14(20(21,22)23)8-9-17(16)24-15/h3-10,15,18,24H,2,11-12H2,1H3,(H,25,26)/t15-,18+/m1/s1. The summed E-state index contributed by atoms with van der Waals surface area (Å²) < 4.78 is 44.4. The van der Waals surface area contributed by atoms with Crippen molar-refractivity contribution in [2.45, 2.75) is 44.6 Å². The van der Waals surface area contributed by atoms with Crippen molar-refractivity contribution in [1.82, 2.24) is 5.32 Å². The Hall–Kier alpha value is -2.70. The second-order valence-electron chi connectivity index (χ2n) is 6.54. The number of fused-ring (bicyclic) bond motifs is 1. The summed E-state index contributed by atoms with van der Waals surface area (Å²) in [5, 5.41) is 5.95. The summed E-state index contributed by atoms with van der Waals surface area (Å²) in [6.07, 6.45) is -3.80. The van der Waals surface area contributed by atoms with Crippen LogP contribution < -0.4 is 10.6 Å². The van der Waals surface area contributed by atoms with Gasteiger partial charge in [0.05, 0.1) is 11.6 Å². The fourth-order valence-electron chi connectivity index (χ4n) is 3.16. The molecule has 2 N–H and O–H groups in total. The second-order valence-corrected chi connectivity index (χ2v) is 6.54. The van der Waals surface area contributed by atoms with Crippen LogP contribution in [0.25, 0.3) is 0 Å². The van der Waals surface area contributed by atoms with Gasteiger partial charge in [-0.2, -0.15) is 13.2 Å². The number of hydrogen-bond donors (Lipinski definition) is 2. The van der Waals surface area contributed by atoms with E-state index in [4.69, 9.17) is 4.74 Å². The first-order valence-electron chi connectivity index (χ1n) is 8.81. The minimum Gasteiger partial charge on any atom is -0.445 e. The van der Waals surface area contributed by atoms with Gasteiger partial charge in [-0.1, -0.05) is 37.3 Å². The Balaban J connectivity index is 1.75. The molecule has 7 heteroatoms. The molecule has 0 unspecified atom stereocenters. The van der Waals surface area contributed by atoms with E-state index < -0.39 is 23.9 Å². The summed E-state index contributed by atoms with van der Waals surface area (Å²) in [6, 6.07) is 12.3. The molecule has 1 aliphatic heterocycles. The molecule has 27 heavy (non-hydrogen) atoms. The Kier molecular flexibility index (Phi) is 5.58. The van der Waals surface area contributed by atoms with Crippen molar-refractivity contribution in [3.8, 4) is 0 Å². The molecule has 0 fully saturated rings. The van der Waals surface area contributed by atoms with Gasteiger partial charge in [0.25, 0.3) is 0 Å². The molecule has 3 rings (SSSR count). The van der Waals surface area contributed by atoms with Crippen LogP contribution in [0.5, 0.6) is 0 Å². The number of ether oxygens (including phenoxy) is 1. The van der Waals surface area contributed by atoms with E-state index >= 15 is 0 Å². The van der Waals surface area contributed by atoms with Gasteiger partial charge >= 0.3 is 12.3 Å². The van der Waals surface area contributed by atoms with Gasteiger partial charge < -0.3 is 15.4 Å². The summed E-state index contributed by atoms with van der Waals surface area (Å²) in [5.41, 5.74) is 1.13. The third-order valence-corrected chi connectivity index (χ3v) is 4.63. The Morgan fingerprint density at radius 1 is 1.22 bits per heavy atom. The minimum atomic E-state index is -4.44. The second kappa shape index (κ2) is 7.90. The molecule has 0 bridgehead atoms. The van der Waals surface area contributed by atoms with Gasteiger partial charge in [0.2, 0.25) is 0 Å². The molecule has 1 amide bonds. The molecule has 0 aliphatic carbocycles. The van der Waals surface area contributed by atoms with Crippen molar-refractivity contribution in [2.75, 3.05) is 5.32 Å². The van der Waals surface area contributed by atoms with Crippen molar-refractivity contribution in [3.63, 3.8) is 0 Å². The van der Waals surface area contributed by atoms with E-state index in [0.717, 1.165) is 24.1 Å². The Bertz CT molecular complexity index is 794. The highest BCUT2D eigenvalue weighted by Crippen LogP contribution is 2.38. The lowest BCUT2D eigenvalue weighted by molar-refractivity contribution is -0.137. The van der Waals surface area contributed by atoms with Gasteiger partial charge in [0, 0.05) is 11.7 Å². The molecule has 0 radical (unpaired) electrons. The minimum absolute atomic E-state index is 0.0636. The molecule has 144 valence electrons. The first-order valence-corrected chi connectivity index (χ1v) is 8.81. The van der Waals surface area contributed by atoms with Crippen molar-refractivity contribution >= 4 is 11.8 Å². The van der Waals surface area contributed by atoms with Crippen molar-refractivity contribution in [1.29, 1.82) is 0 Å². The van der Waals surface area contributed by atoms with E-state index in [-0.39, 0.29) is 12.6 Å². The smallest absolute Gasteiger partial charge is 0.416 e. The zero-order chi connectivity index (χ0) is 19.4. The maximum absolute atomic E-state index is 13.1. The molecule has 2 aromatic carbocycles. The van der Waals surface area contributed by atoms with Gasteiger partial charge in [-0.15, -0.1) is 0 Å². The fraction of sp³-hybridized carbons (Fsp3) is 0.350. The molecule has 0 saturated heterocycles. The quantitative estimate of drug-likeness (QED) is 0.762. The molecule has 4 nitrogen and oxygen atoms in total. The summed E-state index contributed by atoms with van der Waals surface area (Å²) >= 11 is 0. The predicted molar refractivity (Wildman–Crippen MR) is 96.3 cm³/mol. The average Bonchev–Trinajstić information content (AvgIpc) is 2.66. The fourth-order valence-corrected chi connectivity index (χ4v) is 3.16. The van der Waals surface area contributed by atoms with E-state index in [0.29, 0.717) is 17.7 Å². The molecule has 0 saturated carbocycles. The number of benzene rings is 2. The summed E-state index contributed by atoms with van der Waals surface area (Å²) in [6.45, 7) is 2.09. The molecule has 0 spiro atoms. The van der Waals surface area contributed by atoms with Crippen molar-refractivity contribution in [3.05, 3.63) is 65.2 Å². The highest BCUT2D eigenvalue weighted by atomic mass is 19.4. The lowest BCUT2D eigenvalue weighted by atomic mass is 9.90. The average molecular weight is 378 g/mol. The van der Waals surface area contributed by atoms with E-state index in [1.54, 1.807) is 0 Å². The summed E-state index contributed by atoms with van der Waals surface area (Å²) in [7, 11) is 0. The van der Waals surface area contributed by atoms with Gasteiger partial charge in [0.15, 0.2) is 0 Å². The normalized spacial score (nSPS) is 19.0. The zero-order valence-electron chi connectivity index (χ0n) is 14.8. The van der Waals surface area contributed by atoms with Crippen molar-refractivity contribution < 1.29 is 22.7 Å². The monoisotopic (exact) mass is 378 g/mol. The van der Waals surface area contributed by atoms with Gasteiger partial charge in [0.1, 0.15) is 6.61 Å². The molecule has 2 atom stereocenters. The molecule has 1 aliphatic rings. The van der Waals surface area contributed by atoms with Crippen LogP contribution in [0, 0.1) is 0 Å². The van der Waals surface area contributed by atoms with E-state index in [1.807, 2.05) is 37.3 Å². The molecular weight excluding hydrogens is 357 g/mol. The highest BCUT2D eigenvalue weighted by Gasteiger charge is 2.34. The lowest BCUT2D eigenvalue weighted by Crippen LogP contribution is -2.37. The van der Waals surface area contributed by atoms with E-state index in [2.05, 4.69) is 10.6 Å². The number of alkyl carbamates (subject to hydrolysis) is 1. The Labute approximate surface area is 155 Å².